The van der Waals surface area contributed by atoms with Crippen LogP contribution in [0.3, 0.4) is 0 Å². The summed E-state index contributed by atoms with van der Waals surface area (Å²) in [5, 5.41) is 2.87. The van der Waals surface area contributed by atoms with Crippen LogP contribution in [-0.2, 0) is 11.3 Å². The molecule has 0 spiro atoms. The second-order valence-corrected chi connectivity index (χ2v) is 7.50. The third-order valence-electron chi connectivity index (χ3n) is 5.40. The van der Waals surface area contributed by atoms with E-state index in [1.54, 1.807) is 19.1 Å². The lowest BCUT2D eigenvalue weighted by Gasteiger charge is -2.28. The molecule has 0 aliphatic carbocycles. The van der Waals surface area contributed by atoms with E-state index in [9.17, 15) is 9.59 Å². The van der Waals surface area contributed by atoms with Crippen molar-refractivity contribution in [3.05, 3.63) is 59.9 Å². The van der Waals surface area contributed by atoms with Crippen molar-refractivity contribution >= 4 is 28.5 Å². The summed E-state index contributed by atoms with van der Waals surface area (Å²) in [6.07, 6.45) is 1.77. The van der Waals surface area contributed by atoms with Gasteiger partial charge in [0.1, 0.15) is 11.4 Å². The fraction of sp³-hybridized carbons (Fsp3) is 0.304. The van der Waals surface area contributed by atoms with Gasteiger partial charge in [-0.1, -0.05) is 19.1 Å². The first-order chi connectivity index (χ1) is 14.5. The van der Waals surface area contributed by atoms with E-state index in [1.807, 2.05) is 42.2 Å². The molecule has 30 heavy (non-hydrogen) atoms. The molecule has 2 amide bonds. The number of ether oxygens (including phenoxy) is 1. The van der Waals surface area contributed by atoms with Crippen LogP contribution in [0.5, 0.6) is 5.75 Å². The topological polar surface area (TPSA) is 84.4 Å². The van der Waals surface area contributed by atoms with E-state index in [1.165, 1.54) is 6.20 Å². The number of amides is 2. The Bertz CT molecular complexity index is 1110. The maximum atomic E-state index is 12.7. The van der Waals surface area contributed by atoms with E-state index in [0.29, 0.717) is 23.5 Å². The molecule has 154 valence electrons. The number of para-hydroxylation sites is 2. The van der Waals surface area contributed by atoms with Crippen LogP contribution in [0, 0.1) is 0 Å². The highest BCUT2D eigenvalue weighted by atomic mass is 16.5. The number of benzene rings is 2. The molecular weight excluding hydrogens is 380 g/mol. The Kier molecular flexibility index (Phi) is 5.35. The Labute approximate surface area is 175 Å². The van der Waals surface area contributed by atoms with Gasteiger partial charge < -0.3 is 15.0 Å². The zero-order valence-electron chi connectivity index (χ0n) is 17.3. The first-order valence-electron chi connectivity index (χ1n) is 10.1. The third-order valence-corrected chi connectivity index (χ3v) is 5.40. The van der Waals surface area contributed by atoms with E-state index in [2.05, 4.69) is 22.2 Å². The lowest BCUT2D eigenvalue weighted by Crippen LogP contribution is -2.42. The highest BCUT2D eigenvalue weighted by Crippen LogP contribution is 2.30. The van der Waals surface area contributed by atoms with E-state index in [0.717, 1.165) is 17.5 Å². The van der Waals surface area contributed by atoms with Crippen molar-refractivity contribution in [2.24, 2.45) is 0 Å². The summed E-state index contributed by atoms with van der Waals surface area (Å²) in [5.74, 6) is 0.286. The Balaban J connectivity index is 1.59. The summed E-state index contributed by atoms with van der Waals surface area (Å²) in [5.41, 5.74) is 3.11. The van der Waals surface area contributed by atoms with Crippen LogP contribution in [0.25, 0.3) is 11.0 Å². The van der Waals surface area contributed by atoms with Gasteiger partial charge >= 0.3 is 0 Å². The molecule has 1 aliphatic rings. The molecule has 0 saturated heterocycles. The molecule has 1 aliphatic heterocycles. The van der Waals surface area contributed by atoms with E-state index in [-0.39, 0.29) is 23.6 Å². The van der Waals surface area contributed by atoms with Crippen LogP contribution < -0.4 is 10.1 Å². The summed E-state index contributed by atoms with van der Waals surface area (Å²) < 4.78 is 5.86. The highest BCUT2D eigenvalue weighted by Gasteiger charge is 2.30. The number of fused-ring (bicyclic) bond motifs is 2. The van der Waals surface area contributed by atoms with Gasteiger partial charge in [0.25, 0.3) is 11.8 Å². The molecule has 0 bridgehead atoms. The minimum atomic E-state index is -0.548. The van der Waals surface area contributed by atoms with Crippen LogP contribution >= 0.6 is 0 Å². The number of nitrogens with one attached hydrogen (secondary N) is 1. The zero-order chi connectivity index (χ0) is 21.3. The molecule has 1 N–H and O–H groups in total. The normalized spacial score (nSPS) is 17.1. The summed E-state index contributed by atoms with van der Waals surface area (Å²) >= 11 is 0. The fourth-order valence-electron chi connectivity index (χ4n) is 3.49. The van der Waals surface area contributed by atoms with Crippen LogP contribution in [0.15, 0.2) is 48.7 Å². The summed E-state index contributed by atoms with van der Waals surface area (Å²) in [6.45, 7) is 6.28. The largest absolute Gasteiger partial charge is 0.481 e. The zero-order valence-corrected chi connectivity index (χ0v) is 17.3. The summed E-state index contributed by atoms with van der Waals surface area (Å²) in [4.78, 5) is 35.9. The Morgan fingerprint density at radius 3 is 2.80 bits per heavy atom. The number of carbonyl (C=O) groups excluding carboxylic acids is 2. The van der Waals surface area contributed by atoms with Gasteiger partial charge in [0, 0.05) is 23.8 Å². The molecule has 2 heterocycles. The Hall–Kier alpha value is -3.48. The predicted molar refractivity (Wildman–Crippen MR) is 114 cm³/mol. The van der Waals surface area contributed by atoms with Gasteiger partial charge in [-0.2, -0.15) is 0 Å². The molecule has 0 radical (unpaired) electrons. The first-order valence-corrected chi connectivity index (χ1v) is 10.1. The quantitative estimate of drug-likeness (QED) is 0.715. The Morgan fingerprint density at radius 2 is 2.03 bits per heavy atom. The second-order valence-electron chi connectivity index (χ2n) is 7.50. The van der Waals surface area contributed by atoms with Gasteiger partial charge in [-0.3, -0.25) is 14.6 Å². The molecule has 2 atom stereocenters. The van der Waals surface area contributed by atoms with E-state index >= 15 is 0 Å². The number of aromatic nitrogens is 2. The van der Waals surface area contributed by atoms with Crippen LogP contribution in [0.4, 0.5) is 5.69 Å². The second kappa shape index (κ2) is 8.10. The Morgan fingerprint density at radius 1 is 1.27 bits per heavy atom. The van der Waals surface area contributed by atoms with Crippen molar-refractivity contribution in [1.29, 1.82) is 0 Å². The van der Waals surface area contributed by atoms with Gasteiger partial charge in [0.05, 0.1) is 17.2 Å². The van der Waals surface area contributed by atoms with Crippen LogP contribution in [0.2, 0.25) is 0 Å². The third kappa shape index (κ3) is 3.83. The summed E-state index contributed by atoms with van der Waals surface area (Å²) in [7, 11) is 0. The number of rotatable bonds is 4. The SMILES string of the molecule is CCC(C)N1Cc2cc(NC(=O)c3cnc4ccccc4n3)ccc2OC(C)C1=O. The average Bonchev–Trinajstić information content (AvgIpc) is 2.89. The minimum absolute atomic E-state index is 0.0300. The lowest BCUT2D eigenvalue weighted by atomic mass is 10.1. The number of hydrogen-bond acceptors (Lipinski definition) is 5. The van der Waals surface area contributed by atoms with Crippen molar-refractivity contribution in [3.63, 3.8) is 0 Å². The van der Waals surface area contributed by atoms with Gasteiger partial charge in [-0.15, -0.1) is 0 Å². The maximum absolute atomic E-state index is 12.7. The highest BCUT2D eigenvalue weighted by molar-refractivity contribution is 6.03. The van der Waals surface area contributed by atoms with Gasteiger partial charge in [0.2, 0.25) is 0 Å². The molecule has 7 heteroatoms. The first kappa shape index (κ1) is 19.8. The molecule has 4 rings (SSSR count). The van der Waals surface area contributed by atoms with Gasteiger partial charge in [-0.05, 0) is 50.6 Å². The lowest BCUT2D eigenvalue weighted by molar-refractivity contribution is -0.139. The smallest absolute Gasteiger partial charge is 0.275 e. The monoisotopic (exact) mass is 404 g/mol. The van der Waals surface area contributed by atoms with Gasteiger partial charge in [-0.25, -0.2) is 4.98 Å². The number of anilines is 1. The number of carbonyl (C=O) groups is 2. The maximum Gasteiger partial charge on any atom is 0.275 e. The molecule has 0 saturated carbocycles. The van der Waals surface area contributed by atoms with Gasteiger partial charge in [0.15, 0.2) is 6.10 Å². The molecule has 2 unspecified atom stereocenters. The van der Waals surface area contributed by atoms with Crippen LogP contribution in [-0.4, -0.2) is 38.8 Å². The predicted octanol–water partition coefficient (Wildman–Crippen LogP) is 3.79. The molecule has 2 aromatic carbocycles. The van der Waals surface area contributed by atoms with E-state index in [4.69, 9.17) is 4.74 Å². The van der Waals surface area contributed by atoms with Crippen LogP contribution in [0.1, 0.15) is 43.2 Å². The van der Waals surface area contributed by atoms with Crippen molar-refractivity contribution in [3.8, 4) is 5.75 Å². The van der Waals surface area contributed by atoms with Crippen molar-refractivity contribution < 1.29 is 14.3 Å². The minimum Gasteiger partial charge on any atom is -0.481 e. The fourth-order valence-corrected chi connectivity index (χ4v) is 3.49. The summed E-state index contributed by atoms with van der Waals surface area (Å²) in [6, 6.07) is 12.9. The van der Waals surface area contributed by atoms with Crippen molar-refractivity contribution in [1.82, 2.24) is 14.9 Å². The average molecular weight is 404 g/mol. The molecule has 7 nitrogen and oxygen atoms in total. The molecule has 3 aromatic rings. The molecule has 1 aromatic heterocycles. The van der Waals surface area contributed by atoms with E-state index < -0.39 is 6.10 Å². The molecule has 0 fully saturated rings. The number of hydrogen-bond donors (Lipinski definition) is 1. The van der Waals surface area contributed by atoms with Crippen molar-refractivity contribution in [2.75, 3.05) is 5.32 Å². The molecular formula is C23H24N4O3. The standard InChI is InChI=1S/C23H24N4O3/c1-4-14(2)27-13-16-11-17(9-10-21(16)30-15(3)23(27)29)25-22(28)20-12-24-18-7-5-6-8-19(18)26-20/h5-12,14-15H,4,13H2,1-3H3,(H,25,28). The number of nitrogens with zero attached hydrogens (tertiary/aromatic N) is 3. The van der Waals surface area contributed by atoms with Crippen molar-refractivity contribution in [2.45, 2.75) is 45.9 Å².